The van der Waals surface area contributed by atoms with Gasteiger partial charge < -0.3 is 19.5 Å². The first-order valence-electron chi connectivity index (χ1n) is 6.40. The molecule has 0 aromatic rings. The van der Waals surface area contributed by atoms with Crippen molar-refractivity contribution in [3.8, 4) is 0 Å². The molecule has 2 heterocycles. The summed E-state index contributed by atoms with van der Waals surface area (Å²) >= 11 is 0. The van der Waals surface area contributed by atoms with Crippen molar-refractivity contribution in [3.05, 3.63) is 0 Å². The molecule has 0 radical (unpaired) electrons. The van der Waals surface area contributed by atoms with Gasteiger partial charge in [-0.1, -0.05) is 0 Å². The van der Waals surface area contributed by atoms with Crippen LogP contribution in [0.1, 0.15) is 25.7 Å². The summed E-state index contributed by atoms with van der Waals surface area (Å²) in [5.41, 5.74) is 0. The minimum Gasteiger partial charge on any atom is -0.480 e. The van der Waals surface area contributed by atoms with Crippen molar-refractivity contribution < 1.29 is 24.2 Å². The molecule has 0 aromatic carbocycles. The standard InChI is InChI=1S/C12H19NO5/c14-11(15)8-18-9-3-5-13(6-4-9)12(16)10-2-1-7-17-10/h9-10H,1-8H2,(H,14,15). The number of carboxylic acids is 1. The minimum atomic E-state index is -0.951. The summed E-state index contributed by atoms with van der Waals surface area (Å²) in [7, 11) is 0. The number of carbonyl (C=O) groups excluding carboxylic acids is 1. The van der Waals surface area contributed by atoms with Crippen LogP contribution in [-0.4, -0.2) is 60.4 Å². The van der Waals surface area contributed by atoms with Gasteiger partial charge in [0.15, 0.2) is 0 Å². The monoisotopic (exact) mass is 257 g/mol. The van der Waals surface area contributed by atoms with Crippen molar-refractivity contribution >= 4 is 11.9 Å². The molecule has 2 rings (SSSR count). The van der Waals surface area contributed by atoms with E-state index in [1.54, 1.807) is 4.90 Å². The largest absolute Gasteiger partial charge is 0.480 e. The summed E-state index contributed by atoms with van der Waals surface area (Å²) in [6.07, 6.45) is 2.86. The Labute approximate surface area is 106 Å². The van der Waals surface area contributed by atoms with Crippen LogP contribution < -0.4 is 0 Å². The molecular formula is C12H19NO5. The molecule has 102 valence electrons. The molecule has 1 unspecified atom stereocenters. The first-order valence-corrected chi connectivity index (χ1v) is 6.40. The summed E-state index contributed by atoms with van der Waals surface area (Å²) in [4.78, 5) is 24.2. The average Bonchev–Trinajstić information content (AvgIpc) is 2.90. The highest BCUT2D eigenvalue weighted by atomic mass is 16.5. The maximum Gasteiger partial charge on any atom is 0.329 e. The van der Waals surface area contributed by atoms with Gasteiger partial charge >= 0.3 is 5.97 Å². The number of piperidine rings is 1. The van der Waals surface area contributed by atoms with E-state index in [2.05, 4.69) is 0 Å². The highest BCUT2D eigenvalue weighted by Gasteiger charge is 2.31. The number of ether oxygens (including phenoxy) is 2. The topological polar surface area (TPSA) is 76.1 Å². The van der Waals surface area contributed by atoms with Crippen molar-refractivity contribution in [1.29, 1.82) is 0 Å². The van der Waals surface area contributed by atoms with E-state index >= 15 is 0 Å². The van der Waals surface area contributed by atoms with E-state index in [0.29, 0.717) is 32.5 Å². The van der Waals surface area contributed by atoms with Crippen LogP contribution in [0.3, 0.4) is 0 Å². The van der Waals surface area contributed by atoms with E-state index in [0.717, 1.165) is 12.8 Å². The Morgan fingerprint density at radius 2 is 2.00 bits per heavy atom. The van der Waals surface area contributed by atoms with Gasteiger partial charge in [0.1, 0.15) is 12.7 Å². The van der Waals surface area contributed by atoms with Crippen LogP contribution in [0, 0.1) is 0 Å². The Kier molecular flexibility index (Phi) is 4.54. The molecule has 0 spiro atoms. The van der Waals surface area contributed by atoms with E-state index in [4.69, 9.17) is 14.6 Å². The molecule has 6 heteroatoms. The average molecular weight is 257 g/mol. The molecule has 0 aliphatic carbocycles. The molecular weight excluding hydrogens is 238 g/mol. The quantitative estimate of drug-likeness (QED) is 0.781. The summed E-state index contributed by atoms with van der Waals surface area (Å²) in [6.45, 7) is 1.67. The van der Waals surface area contributed by atoms with Crippen LogP contribution in [0.15, 0.2) is 0 Å². The van der Waals surface area contributed by atoms with E-state index in [1.165, 1.54) is 0 Å². The zero-order valence-electron chi connectivity index (χ0n) is 10.3. The van der Waals surface area contributed by atoms with Crippen LogP contribution in [0.5, 0.6) is 0 Å². The Balaban J connectivity index is 1.72. The number of amides is 1. The van der Waals surface area contributed by atoms with Crippen LogP contribution in [-0.2, 0) is 19.1 Å². The second-order valence-corrected chi connectivity index (χ2v) is 4.73. The Hall–Kier alpha value is -1.14. The number of likely N-dealkylation sites (tertiary alicyclic amines) is 1. The summed E-state index contributed by atoms with van der Waals surface area (Å²) < 4.78 is 10.6. The third-order valence-corrected chi connectivity index (χ3v) is 3.40. The Morgan fingerprint density at radius 1 is 1.28 bits per heavy atom. The van der Waals surface area contributed by atoms with Gasteiger partial charge in [-0.15, -0.1) is 0 Å². The lowest BCUT2D eigenvalue weighted by atomic mass is 10.1. The molecule has 2 aliphatic rings. The van der Waals surface area contributed by atoms with Gasteiger partial charge in [-0.2, -0.15) is 0 Å². The lowest BCUT2D eigenvalue weighted by Crippen LogP contribution is -2.45. The number of rotatable bonds is 4. The maximum atomic E-state index is 12.0. The lowest BCUT2D eigenvalue weighted by molar-refractivity contribution is -0.149. The van der Waals surface area contributed by atoms with Crippen LogP contribution in [0.4, 0.5) is 0 Å². The second-order valence-electron chi connectivity index (χ2n) is 4.73. The van der Waals surface area contributed by atoms with Crippen LogP contribution in [0.2, 0.25) is 0 Å². The van der Waals surface area contributed by atoms with Gasteiger partial charge in [0, 0.05) is 19.7 Å². The van der Waals surface area contributed by atoms with Crippen LogP contribution >= 0.6 is 0 Å². The van der Waals surface area contributed by atoms with E-state index in [1.807, 2.05) is 0 Å². The highest BCUT2D eigenvalue weighted by Crippen LogP contribution is 2.19. The smallest absolute Gasteiger partial charge is 0.329 e. The second kappa shape index (κ2) is 6.15. The van der Waals surface area contributed by atoms with Gasteiger partial charge in [0.2, 0.25) is 0 Å². The summed E-state index contributed by atoms with van der Waals surface area (Å²) in [5.74, 6) is -0.878. The number of carbonyl (C=O) groups is 2. The van der Waals surface area contributed by atoms with E-state index < -0.39 is 5.97 Å². The fraction of sp³-hybridized carbons (Fsp3) is 0.833. The van der Waals surface area contributed by atoms with Crippen molar-refractivity contribution in [2.75, 3.05) is 26.3 Å². The first-order chi connectivity index (χ1) is 8.66. The maximum absolute atomic E-state index is 12.0. The Morgan fingerprint density at radius 3 is 2.56 bits per heavy atom. The minimum absolute atomic E-state index is 0.0466. The number of hydrogen-bond donors (Lipinski definition) is 1. The van der Waals surface area contributed by atoms with Gasteiger partial charge in [-0.25, -0.2) is 4.79 Å². The molecule has 18 heavy (non-hydrogen) atoms. The molecule has 1 atom stereocenters. The lowest BCUT2D eigenvalue weighted by Gasteiger charge is -2.32. The number of nitrogens with zero attached hydrogens (tertiary/aromatic N) is 1. The third kappa shape index (κ3) is 3.43. The number of aliphatic carboxylic acids is 1. The number of hydrogen-bond acceptors (Lipinski definition) is 4. The predicted octanol–water partition coefficient (Wildman–Crippen LogP) is 0.258. The molecule has 0 saturated carbocycles. The van der Waals surface area contributed by atoms with Crippen molar-refractivity contribution in [2.45, 2.75) is 37.9 Å². The number of carboxylic acid groups (broad SMARTS) is 1. The fourth-order valence-electron chi connectivity index (χ4n) is 2.41. The third-order valence-electron chi connectivity index (χ3n) is 3.40. The van der Waals surface area contributed by atoms with Gasteiger partial charge in [0.25, 0.3) is 5.91 Å². The van der Waals surface area contributed by atoms with Gasteiger partial charge in [-0.3, -0.25) is 4.79 Å². The molecule has 0 aromatic heterocycles. The molecule has 2 aliphatic heterocycles. The molecule has 2 saturated heterocycles. The zero-order valence-corrected chi connectivity index (χ0v) is 10.3. The van der Waals surface area contributed by atoms with Crippen molar-refractivity contribution in [2.24, 2.45) is 0 Å². The zero-order chi connectivity index (χ0) is 13.0. The van der Waals surface area contributed by atoms with Gasteiger partial charge in [-0.05, 0) is 25.7 Å². The summed E-state index contributed by atoms with van der Waals surface area (Å²) in [5, 5.41) is 8.52. The Bertz CT molecular complexity index is 306. The fourth-order valence-corrected chi connectivity index (χ4v) is 2.41. The predicted molar refractivity (Wildman–Crippen MR) is 62.2 cm³/mol. The first kappa shape index (κ1) is 13.3. The molecule has 2 fully saturated rings. The normalized spacial score (nSPS) is 25.3. The SMILES string of the molecule is O=C(O)COC1CCN(C(=O)C2CCCO2)CC1. The summed E-state index contributed by atoms with van der Waals surface area (Å²) in [6, 6.07) is 0. The van der Waals surface area contributed by atoms with Gasteiger partial charge in [0.05, 0.1) is 6.10 Å². The molecule has 1 amide bonds. The van der Waals surface area contributed by atoms with Crippen molar-refractivity contribution in [3.63, 3.8) is 0 Å². The van der Waals surface area contributed by atoms with E-state index in [-0.39, 0.29) is 24.7 Å². The highest BCUT2D eigenvalue weighted by molar-refractivity contribution is 5.81. The van der Waals surface area contributed by atoms with Crippen LogP contribution in [0.25, 0.3) is 0 Å². The van der Waals surface area contributed by atoms with Crippen molar-refractivity contribution in [1.82, 2.24) is 4.90 Å². The molecule has 6 nitrogen and oxygen atoms in total. The van der Waals surface area contributed by atoms with E-state index in [9.17, 15) is 9.59 Å². The molecule has 0 bridgehead atoms. The molecule has 1 N–H and O–H groups in total.